The van der Waals surface area contributed by atoms with E-state index in [0.717, 1.165) is 18.4 Å². The van der Waals surface area contributed by atoms with Crippen LogP contribution in [0.15, 0.2) is 35.6 Å². The zero-order valence-electron chi connectivity index (χ0n) is 13.0. The van der Waals surface area contributed by atoms with Crippen LogP contribution in [0.1, 0.15) is 37.1 Å². The van der Waals surface area contributed by atoms with Crippen molar-refractivity contribution in [1.29, 1.82) is 0 Å². The molecule has 0 aliphatic heterocycles. The number of guanidine groups is 1. The normalized spacial score (nSPS) is 16.0. The molecule has 1 heterocycles. The molecule has 1 aromatic carbocycles. The fourth-order valence-electron chi connectivity index (χ4n) is 2.79. The van der Waals surface area contributed by atoms with Gasteiger partial charge in [0.25, 0.3) is 0 Å². The number of aromatic nitrogens is 3. The second kappa shape index (κ2) is 7.21. The number of nitrogens with one attached hydrogen (secondary N) is 1. The molecule has 7 heteroatoms. The molecule has 1 aromatic heterocycles. The second-order valence-electron chi connectivity index (χ2n) is 5.82. The van der Waals surface area contributed by atoms with Crippen molar-refractivity contribution in [2.45, 2.75) is 44.8 Å². The van der Waals surface area contributed by atoms with Crippen molar-refractivity contribution in [3.05, 3.63) is 47.8 Å². The van der Waals surface area contributed by atoms with Crippen LogP contribution >= 0.6 is 0 Å². The summed E-state index contributed by atoms with van der Waals surface area (Å²) in [7, 11) is 0. The lowest BCUT2D eigenvalue weighted by Crippen LogP contribution is -2.38. The van der Waals surface area contributed by atoms with Gasteiger partial charge in [-0.25, -0.2) is 19.0 Å². The molecule has 1 saturated carbocycles. The molecule has 0 bridgehead atoms. The SMILES string of the molecule is NC(=NCc1ncn(Cc2cccc(F)c2)n1)NC1CCCC1. The Morgan fingerprint density at radius 1 is 1.39 bits per heavy atom. The molecule has 1 fully saturated rings. The topological polar surface area (TPSA) is 81.1 Å². The van der Waals surface area contributed by atoms with Gasteiger partial charge in [-0.2, -0.15) is 5.10 Å². The molecule has 23 heavy (non-hydrogen) atoms. The van der Waals surface area contributed by atoms with Gasteiger partial charge in [-0.15, -0.1) is 0 Å². The summed E-state index contributed by atoms with van der Waals surface area (Å²) in [6, 6.07) is 6.89. The Balaban J connectivity index is 1.54. The minimum absolute atomic E-state index is 0.252. The molecule has 1 aliphatic carbocycles. The third-order valence-corrected chi connectivity index (χ3v) is 3.92. The number of nitrogens with two attached hydrogens (primary N) is 1. The van der Waals surface area contributed by atoms with Gasteiger partial charge in [0.1, 0.15) is 18.7 Å². The number of hydrogen-bond donors (Lipinski definition) is 2. The summed E-state index contributed by atoms with van der Waals surface area (Å²) in [4.78, 5) is 8.48. The standard InChI is InChI=1S/C16H21FN6/c17-13-5-3-4-12(8-13)10-23-11-20-15(22-23)9-19-16(18)21-14-6-1-2-7-14/h3-5,8,11,14H,1-2,6-7,9-10H2,(H3,18,19,21). The average molecular weight is 316 g/mol. The number of nitrogens with zero attached hydrogens (tertiary/aromatic N) is 4. The molecule has 1 aliphatic rings. The van der Waals surface area contributed by atoms with Crippen LogP contribution < -0.4 is 11.1 Å². The van der Waals surface area contributed by atoms with Crippen LogP contribution in [0.2, 0.25) is 0 Å². The van der Waals surface area contributed by atoms with Gasteiger partial charge in [0.05, 0.1) is 6.54 Å². The van der Waals surface area contributed by atoms with Crippen LogP contribution in [0, 0.1) is 5.82 Å². The van der Waals surface area contributed by atoms with Crippen molar-refractivity contribution in [3.63, 3.8) is 0 Å². The summed E-state index contributed by atoms with van der Waals surface area (Å²) in [6.07, 6.45) is 6.41. The van der Waals surface area contributed by atoms with Gasteiger partial charge in [0.2, 0.25) is 0 Å². The van der Waals surface area contributed by atoms with Gasteiger partial charge in [-0.3, -0.25) is 0 Å². The van der Waals surface area contributed by atoms with Crippen molar-refractivity contribution in [2.24, 2.45) is 10.7 Å². The maximum absolute atomic E-state index is 13.2. The Labute approximate surface area is 134 Å². The summed E-state index contributed by atoms with van der Waals surface area (Å²) in [6.45, 7) is 0.811. The minimum Gasteiger partial charge on any atom is -0.370 e. The highest BCUT2D eigenvalue weighted by Crippen LogP contribution is 2.17. The Kier molecular flexibility index (Phi) is 4.85. The number of benzene rings is 1. The van der Waals surface area contributed by atoms with E-state index < -0.39 is 0 Å². The highest BCUT2D eigenvalue weighted by molar-refractivity contribution is 5.78. The van der Waals surface area contributed by atoms with Crippen LogP contribution in [0.5, 0.6) is 0 Å². The summed E-state index contributed by atoms with van der Waals surface area (Å²) in [5.41, 5.74) is 6.72. The first-order chi connectivity index (χ1) is 11.2. The molecular weight excluding hydrogens is 295 g/mol. The van der Waals surface area contributed by atoms with Crippen molar-refractivity contribution >= 4 is 5.96 Å². The van der Waals surface area contributed by atoms with Crippen molar-refractivity contribution in [1.82, 2.24) is 20.1 Å². The monoisotopic (exact) mass is 316 g/mol. The van der Waals surface area contributed by atoms with E-state index in [1.165, 1.54) is 25.0 Å². The lowest BCUT2D eigenvalue weighted by molar-refractivity contribution is 0.617. The molecule has 0 unspecified atom stereocenters. The van der Waals surface area contributed by atoms with E-state index in [1.807, 2.05) is 6.07 Å². The Morgan fingerprint density at radius 2 is 2.22 bits per heavy atom. The van der Waals surface area contributed by atoms with Crippen LogP contribution in [0.4, 0.5) is 4.39 Å². The first-order valence-electron chi connectivity index (χ1n) is 7.88. The first-order valence-corrected chi connectivity index (χ1v) is 7.88. The third kappa shape index (κ3) is 4.51. The molecule has 0 saturated heterocycles. The van der Waals surface area contributed by atoms with Gasteiger partial charge >= 0.3 is 0 Å². The fraction of sp³-hybridized carbons (Fsp3) is 0.438. The Morgan fingerprint density at radius 3 is 3.00 bits per heavy atom. The summed E-state index contributed by atoms with van der Waals surface area (Å²) >= 11 is 0. The molecule has 0 radical (unpaired) electrons. The quantitative estimate of drug-likeness (QED) is 0.651. The highest BCUT2D eigenvalue weighted by Gasteiger charge is 2.14. The van der Waals surface area contributed by atoms with Crippen molar-refractivity contribution in [2.75, 3.05) is 0 Å². The minimum atomic E-state index is -0.252. The number of aliphatic imine (C=N–C) groups is 1. The van der Waals surface area contributed by atoms with Crippen LogP contribution in [0.3, 0.4) is 0 Å². The number of rotatable bonds is 5. The third-order valence-electron chi connectivity index (χ3n) is 3.92. The number of hydrogen-bond acceptors (Lipinski definition) is 3. The predicted octanol–water partition coefficient (Wildman–Crippen LogP) is 1.81. The maximum Gasteiger partial charge on any atom is 0.189 e. The van der Waals surface area contributed by atoms with E-state index in [-0.39, 0.29) is 5.82 Å². The van der Waals surface area contributed by atoms with Gasteiger partial charge in [0.15, 0.2) is 11.8 Å². The van der Waals surface area contributed by atoms with E-state index in [9.17, 15) is 4.39 Å². The van der Waals surface area contributed by atoms with E-state index in [2.05, 4.69) is 20.4 Å². The van der Waals surface area contributed by atoms with Crippen LogP contribution in [0.25, 0.3) is 0 Å². The first kappa shape index (κ1) is 15.5. The highest BCUT2D eigenvalue weighted by atomic mass is 19.1. The molecule has 0 spiro atoms. The summed E-state index contributed by atoms with van der Waals surface area (Å²) in [5, 5.41) is 7.56. The van der Waals surface area contributed by atoms with E-state index >= 15 is 0 Å². The molecule has 2 aromatic rings. The van der Waals surface area contributed by atoms with Gasteiger partial charge in [0, 0.05) is 6.04 Å². The molecule has 122 valence electrons. The smallest absolute Gasteiger partial charge is 0.189 e. The number of halogens is 1. The zero-order valence-corrected chi connectivity index (χ0v) is 13.0. The van der Waals surface area contributed by atoms with Gasteiger partial charge < -0.3 is 11.1 Å². The largest absolute Gasteiger partial charge is 0.370 e. The average Bonchev–Trinajstić information content (AvgIpc) is 3.17. The Hall–Kier alpha value is -2.44. The van der Waals surface area contributed by atoms with Crippen molar-refractivity contribution < 1.29 is 4.39 Å². The van der Waals surface area contributed by atoms with Crippen LogP contribution in [-0.4, -0.2) is 26.8 Å². The van der Waals surface area contributed by atoms with Gasteiger partial charge in [-0.05, 0) is 30.5 Å². The molecule has 0 atom stereocenters. The second-order valence-corrected chi connectivity index (χ2v) is 5.82. The molecule has 0 amide bonds. The molecule has 6 nitrogen and oxygen atoms in total. The lowest BCUT2D eigenvalue weighted by atomic mass is 10.2. The van der Waals surface area contributed by atoms with E-state index in [1.54, 1.807) is 17.1 Å². The molecule has 3 rings (SSSR count). The van der Waals surface area contributed by atoms with Crippen molar-refractivity contribution in [3.8, 4) is 0 Å². The zero-order chi connectivity index (χ0) is 16.1. The lowest BCUT2D eigenvalue weighted by Gasteiger charge is -2.11. The molecular formula is C16H21FN6. The van der Waals surface area contributed by atoms with Crippen LogP contribution in [-0.2, 0) is 13.1 Å². The maximum atomic E-state index is 13.2. The fourth-order valence-corrected chi connectivity index (χ4v) is 2.79. The van der Waals surface area contributed by atoms with E-state index in [0.29, 0.717) is 30.9 Å². The summed E-state index contributed by atoms with van der Waals surface area (Å²) in [5.74, 6) is 0.786. The molecule has 3 N–H and O–H groups in total. The van der Waals surface area contributed by atoms with E-state index in [4.69, 9.17) is 5.73 Å². The summed E-state index contributed by atoms with van der Waals surface area (Å²) < 4.78 is 14.8. The van der Waals surface area contributed by atoms with Gasteiger partial charge in [-0.1, -0.05) is 25.0 Å². The predicted molar refractivity (Wildman–Crippen MR) is 86.2 cm³/mol. The Bertz CT molecular complexity index is 675.